The van der Waals surface area contributed by atoms with Crippen LogP contribution in [-0.4, -0.2) is 39.1 Å². The lowest BCUT2D eigenvalue weighted by molar-refractivity contribution is -0.116. The Hall–Kier alpha value is -2.47. The van der Waals surface area contributed by atoms with Crippen molar-refractivity contribution in [3.05, 3.63) is 41.1 Å². The van der Waals surface area contributed by atoms with E-state index in [4.69, 9.17) is 9.47 Å². The highest BCUT2D eigenvalue weighted by atomic mass is 32.2. The standard InChI is InChI=1S/C18H17N3O5S3/c22-16(5-6-19-29(23,24)17-2-1-9-27-17)21-18-20-13(11-28-18)12-3-4-14-15(10-12)26-8-7-25-14/h1-4,9-11,19H,5-8H2,(H,20,21,22). The van der Waals surface area contributed by atoms with Crippen molar-refractivity contribution < 1.29 is 22.7 Å². The summed E-state index contributed by atoms with van der Waals surface area (Å²) >= 11 is 2.42. The van der Waals surface area contributed by atoms with Gasteiger partial charge in [0.1, 0.15) is 17.4 Å². The molecule has 8 nitrogen and oxygen atoms in total. The zero-order chi connectivity index (χ0) is 20.3. The maximum atomic E-state index is 12.1. The normalized spacial score (nSPS) is 13.2. The van der Waals surface area contributed by atoms with Crippen molar-refractivity contribution >= 4 is 43.7 Å². The number of amides is 1. The van der Waals surface area contributed by atoms with E-state index in [0.717, 1.165) is 16.9 Å². The third-order valence-electron chi connectivity index (χ3n) is 3.99. The van der Waals surface area contributed by atoms with E-state index in [2.05, 4.69) is 15.0 Å². The molecule has 1 aliphatic rings. The molecule has 0 atom stereocenters. The van der Waals surface area contributed by atoms with Gasteiger partial charge in [-0.05, 0) is 29.6 Å². The van der Waals surface area contributed by atoms with E-state index < -0.39 is 10.0 Å². The summed E-state index contributed by atoms with van der Waals surface area (Å²) in [5.41, 5.74) is 1.57. The van der Waals surface area contributed by atoms with E-state index in [9.17, 15) is 13.2 Å². The third-order valence-corrected chi connectivity index (χ3v) is 7.61. The Bertz CT molecular complexity index is 1110. The minimum atomic E-state index is -3.57. The molecule has 3 aromatic rings. The highest BCUT2D eigenvalue weighted by Gasteiger charge is 2.16. The van der Waals surface area contributed by atoms with Crippen LogP contribution < -0.4 is 19.5 Å². The Morgan fingerprint density at radius 2 is 1.97 bits per heavy atom. The van der Waals surface area contributed by atoms with Crippen LogP contribution >= 0.6 is 22.7 Å². The highest BCUT2D eigenvalue weighted by molar-refractivity contribution is 7.91. The van der Waals surface area contributed by atoms with Crippen molar-refractivity contribution in [3.8, 4) is 22.8 Å². The monoisotopic (exact) mass is 451 g/mol. The van der Waals surface area contributed by atoms with Crippen LogP contribution in [0.4, 0.5) is 5.13 Å². The van der Waals surface area contributed by atoms with Crippen molar-refractivity contribution in [2.45, 2.75) is 10.6 Å². The largest absolute Gasteiger partial charge is 0.486 e. The van der Waals surface area contributed by atoms with E-state index >= 15 is 0 Å². The Labute approximate surface area is 175 Å². The number of carbonyl (C=O) groups is 1. The Balaban J connectivity index is 1.32. The summed E-state index contributed by atoms with van der Waals surface area (Å²) in [7, 11) is -3.57. The molecule has 2 aromatic heterocycles. The number of thiophene rings is 1. The van der Waals surface area contributed by atoms with Crippen LogP contribution in [0.15, 0.2) is 45.3 Å². The molecule has 0 spiro atoms. The molecule has 0 unspecified atom stereocenters. The molecule has 11 heteroatoms. The number of nitrogens with zero attached hydrogens (tertiary/aromatic N) is 1. The first kappa shape index (κ1) is 19.8. The number of ether oxygens (including phenoxy) is 2. The second-order valence-corrected chi connectivity index (χ2v) is 9.82. The molecule has 2 N–H and O–H groups in total. The van der Waals surface area contributed by atoms with Crippen LogP contribution in [0, 0.1) is 0 Å². The quantitative estimate of drug-likeness (QED) is 0.572. The number of aromatic nitrogens is 1. The van der Waals surface area contributed by atoms with E-state index in [1.807, 2.05) is 23.6 Å². The number of sulfonamides is 1. The van der Waals surface area contributed by atoms with Gasteiger partial charge in [-0.25, -0.2) is 18.1 Å². The lowest BCUT2D eigenvalue weighted by Gasteiger charge is -2.18. The van der Waals surface area contributed by atoms with Crippen LogP contribution in [0.3, 0.4) is 0 Å². The molecule has 152 valence electrons. The van der Waals surface area contributed by atoms with Crippen molar-refractivity contribution in [3.63, 3.8) is 0 Å². The summed E-state index contributed by atoms with van der Waals surface area (Å²) in [6.07, 6.45) is 0.00351. The minimum absolute atomic E-state index is 0.00351. The summed E-state index contributed by atoms with van der Waals surface area (Å²) in [6, 6.07) is 8.75. The van der Waals surface area contributed by atoms with Crippen molar-refractivity contribution in [2.24, 2.45) is 0 Å². The highest BCUT2D eigenvalue weighted by Crippen LogP contribution is 2.35. The molecule has 1 amide bonds. The smallest absolute Gasteiger partial charge is 0.250 e. The van der Waals surface area contributed by atoms with Crippen molar-refractivity contribution in [2.75, 3.05) is 25.1 Å². The second-order valence-electron chi connectivity index (χ2n) is 6.02. The number of anilines is 1. The Morgan fingerprint density at radius 3 is 2.76 bits per heavy atom. The predicted molar refractivity (Wildman–Crippen MR) is 111 cm³/mol. The lowest BCUT2D eigenvalue weighted by atomic mass is 10.1. The fraction of sp³-hybridized carbons (Fsp3) is 0.222. The molecule has 0 saturated carbocycles. The first-order chi connectivity index (χ1) is 14.0. The molecule has 0 aliphatic carbocycles. The van der Waals surface area contributed by atoms with Crippen LogP contribution in [0.1, 0.15) is 6.42 Å². The van der Waals surface area contributed by atoms with Crippen LogP contribution in [0.2, 0.25) is 0 Å². The van der Waals surface area contributed by atoms with E-state index in [1.165, 1.54) is 17.4 Å². The van der Waals surface area contributed by atoms with E-state index in [1.54, 1.807) is 11.4 Å². The SMILES string of the molecule is O=C(CCNS(=O)(=O)c1cccs1)Nc1nc(-c2ccc3c(c2)OCCO3)cs1. The molecule has 0 fully saturated rings. The van der Waals surface area contributed by atoms with Gasteiger partial charge in [0.15, 0.2) is 16.6 Å². The van der Waals surface area contributed by atoms with Crippen LogP contribution in [-0.2, 0) is 14.8 Å². The zero-order valence-electron chi connectivity index (χ0n) is 15.1. The first-order valence-electron chi connectivity index (χ1n) is 8.70. The van der Waals surface area contributed by atoms with E-state index in [-0.39, 0.29) is 23.1 Å². The van der Waals surface area contributed by atoms with Crippen molar-refractivity contribution in [1.29, 1.82) is 0 Å². The number of thiazole rings is 1. The molecule has 0 bridgehead atoms. The molecule has 0 saturated heterocycles. The summed E-state index contributed by atoms with van der Waals surface area (Å²) < 4.78 is 37.8. The average molecular weight is 452 g/mol. The van der Waals surface area contributed by atoms with Crippen LogP contribution in [0.5, 0.6) is 11.5 Å². The Morgan fingerprint density at radius 1 is 1.14 bits per heavy atom. The van der Waals surface area contributed by atoms with Crippen LogP contribution in [0.25, 0.3) is 11.3 Å². The summed E-state index contributed by atoms with van der Waals surface area (Å²) in [6.45, 7) is 1.04. The first-order valence-corrected chi connectivity index (χ1v) is 11.9. The summed E-state index contributed by atoms with van der Waals surface area (Å²) in [5.74, 6) is 1.06. The predicted octanol–water partition coefficient (Wildman–Crippen LogP) is 2.95. The van der Waals surface area contributed by atoms with Gasteiger partial charge in [-0.2, -0.15) is 0 Å². The van der Waals surface area contributed by atoms with Gasteiger partial charge in [0.25, 0.3) is 0 Å². The van der Waals surface area contributed by atoms with Gasteiger partial charge in [-0.1, -0.05) is 6.07 Å². The van der Waals surface area contributed by atoms with Gasteiger partial charge >= 0.3 is 0 Å². The molecule has 4 rings (SSSR count). The maximum absolute atomic E-state index is 12.1. The average Bonchev–Trinajstić information content (AvgIpc) is 3.40. The molecule has 1 aromatic carbocycles. The van der Waals surface area contributed by atoms with Gasteiger partial charge in [0.2, 0.25) is 15.9 Å². The maximum Gasteiger partial charge on any atom is 0.250 e. The fourth-order valence-corrected chi connectivity index (χ4v) is 5.44. The number of rotatable bonds is 7. The van der Waals surface area contributed by atoms with Gasteiger partial charge < -0.3 is 14.8 Å². The number of carbonyl (C=O) groups excluding carboxylic acids is 1. The summed E-state index contributed by atoms with van der Waals surface area (Å²) in [5, 5.41) is 6.66. The number of hydrogen-bond acceptors (Lipinski definition) is 8. The lowest BCUT2D eigenvalue weighted by Crippen LogP contribution is -2.27. The molecule has 29 heavy (non-hydrogen) atoms. The molecule has 3 heterocycles. The van der Waals surface area contributed by atoms with Gasteiger partial charge in [0.05, 0.1) is 5.69 Å². The summed E-state index contributed by atoms with van der Waals surface area (Å²) in [4.78, 5) is 16.5. The van der Waals surface area contributed by atoms with Gasteiger partial charge in [0, 0.05) is 23.9 Å². The molecular formula is C18H17N3O5S3. The zero-order valence-corrected chi connectivity index (χ0v) is 17.5. The number of hydrogen-bond donors (Lipinski definition) is 2. The van der Waals surface area contributed by atoms with Gasteiger partial charge in [-0.3, -0.25) is 4.79 Å². The molecular weight excluding hydrogens is 434 g/mol. The number of benzene rings is 1. The minimum Gasteiger partial charge on any atom is -0.486 e. The van der Waals surface area contributed by atoms with E-state index in [0.29, 0.717) is 35.5 Å². The molecule has 1 aliphatic heterocycles. The number of fused-ring (bicyclic) bond motifs is 1. The van der Waals surface area contributed by atoms with Crippen molar-refractivity contribution in [1.82, 2.24) is 9.71 Å². The number of nitrogens with one attached hydrogen (secondary N) is 2. The Kier molecular flexibility index (Phi) is 5.81. The topological polar surface area (TPSA) is 107 Å². The third kappa shape index (κ3) is 4.75. The van der Waals surface area contributed by atoms with Gasteiger partial charge in [-0.15, -0.1) is 22.7 Å². The second kappa shape index (κ2) is 8.49. The fourth-order valence-electron chi connectivity index (χ4n) is 2.63. The molecule has 0 radical (unpaired) electrons.